The topological polar surface area (TPSA) is 3.24 Å². The van der Waals surface area contributed by atoms with Crippen molar-refractivity contribution in [3.05, 3.63) is 0 Å². The Hall–Kier alpha value is 2.15. The minimum Gasteiger partial charge on any atom is 3.00 e. The number of rotatable bonds is 0. The first-order valence-electron chi connectivity index (χ1n) is 1.95. The van der Waals surface area contributed by atoms with E-state index in [2.05, 4.69) is 24.8 Å². The third-order valence-corrected chi connectivity index (χ3v) is 1.15. The molecule has 0 aliphatic carbocycles. The van der Waals surface area contributed by atoms with Crippen molar-refractivity contribution in [2.45, 2.75) is 0 Å². The molecular formula is C3H7Cl3Fe2NS2+3. The van der Waals surface area contributed by atoms with Crippen molar-refractivity contribution >= 4 is 59.5 Å². The first-order valence-corrected chi connectivity index (χ1v) is 7.36. The van der Waals surface area contributed by atoms with Crippen LogP contribution in [0.3, 0.4) is 0 Å². The Morgan fingerprint density at radius 1 is 1.36 bits per heavy atom. The Morgan fingerprint density at radius 2 is 1.45 bits per heavy atom. The van der Waals surface area contributed by atoms with Crippen molar-refractivity contribution in [1.82, 2.24) is 4.90 Å². The van der Waals surface area contributed by atoms with Crippen LogP contribution in [0.1, 0.15) is 0 Å². The second kappa shape index (κ2) is 12.1. The molecule has 0 heterocycles. The van der Waals surface area contributed by atoms with Gasteiger partial charge < -0.3 is 4.90 Å². The predicted octanol–water partition coefficient (Wildman–Crippen LogP) is 2.83. The molecule has 0 saturated heterocycles. The van der Waals surface area contributed by atoms with Crippen LogP contribution in [-0.2, 0) is 28.2 Å². The molecular weight excluding hydrogens is 332 g/mol. The molecule has 0 aromatic heterocycles. The van der Waals surface area contributed by atoms with Crippen molar-refractivity contribution in [2.24, 2.45) is 0 Å². The molecule has 0 spiro atoms. The van der Waals surface area contributed by atoms with Gasteiger partial charge in [-0.1, -0.05) is 12.2 Å². The van der Waals surface area contributed by atoms with Gasteiger partial charge in [0.05, 0.1) is 0 Å². The molecule has 0 N–H and O–H groups in total. The summed E-state index contributed by atoms with van der Waals surface area (Å²) in [6, 6.07) is 0. The molecule has 0 aliphatic heterocycles. The molecule has 0 aromatic rings. The molecule has 0 atom stereocenters. The van der Waals surface area contributed by atoms with Crippen molar-refractivity contribution in [3.8, 4) is 0 Å². The molecule has 0 rings (SSSR count). The van der Waals surface area contributed by atoms with Gasteiger partial charge in [-0.15, -0.1) is 12.6 Å². The summed E-state index contributed by atoms with van der Waals surface area (Å²) in [5.41, 5.74) is 0. The molecule has 0 aliphatic rings. The Balaban J connectivity index is -0.000000114. The molecule has 1 radical (unpaired) electrons. The maximum atomic E-state index is 4.89. The second-order valence-electron chi connectivity index (χ2n) is 1.33. The molecule has 0 unspecified atom stereocenters. The molecule has 0 bridgehead atoms. The normalized spacial score (nSPS) is 8.36. The first kappa shape index (κ1) is 18.8. The zero-order valence-corrected chi connectivity index (χ0v) is 11.8. The van der Waals surface area contributed by atoms with Gasteiger partial charge >= 0.3 is 58.5 Å². The van der Waals surface area contributed by atoms with Gasteiger partial charge in [-0.05, 0) is 0 Å². The molecule has 0 fully saturated rings. The maximum absolute atomic E-state index is 4.89. The fourth-order valence-corrected chi connectivity index (χ4v) is 0. The van der Waals surface area contributed by atoms with Crippen LogP contribution < -0.4 is 0 Å². The van der Waals surface area contributed by atoms with E-state index >= 15 is 0 Å². The molecule has 70 valence electrons. The van der Waals surface area contributed by atoms with Gasteiger partial charge in [0.1, 0.15) is 4.32 Å². The third kappa shape index (κ3) is 33.1. The van der Waals surface area contributed by atoms with Crippen molar-refractivity contribution in [1.29, 1.82) is 0 Å². The third-order valence-electron chi connectivity index (χ3n) is 0.383. The smallest absolute Gasteiger partial charge is 3.00 e. The van der Waals surface area contributed by atoms with E-state index in [0.717, 1.165) is 0 Å². The van der Waals surface area contributed by atoms with Crippen molar-refractivity contribution in [3.63, 3.8) is 0 Å². The fraction of sp³-hybridized carbons (Fsp3) is 0.667. The van der Waals surface area contributed by atoms with E-state index in [4.69, 9.17) is 30.3 Å². The van der Waals surface area contributed by atoms with Crippen LogP contribution in [0, 0.1) is 0 Å². The zero-order chi connectivity index (χ0) is 8.73. The largest absolute Gasteiger partial charge is 3.00 e. The van der Waals surface area contributed by atoms with Gasteiger partial charge in [0.25, 0.3) is 0 Å². The SMILES string of the molecule is CN(C)C(=S)S.[Cl][Fe]([Cl])[Cl].[Fe+3]. The first-order chi connectivity index (χ1) is 4.37. The van der Waals surface area contributed by atoms with Crippen LogP contribution in [0.5, 0.6) is 0 Å². The molecule has 1 nitrogen and oxygen atoms in total. The van der Waals surface area contributed by atoms with Gasteiger partial charge in [0, 0.05) is 14.1 Å². The molecule has 11 heavy (non-hydrogen) atoms. The van der Waals surface area contributed by atoms with Gasteiger partial charge in [-0.2, -0.15) is 0 Å². The van der Waals surface area contributed by atoms with E-state index in [1.165, 1.54) is 0 Å². The fourth-order valence-electron chi connectivity index (χ4n) is 0. The van der Waals surface area contributed by atoms with E-state index in [1.54, 1.807) is 4.90 Å². The molecule has 0 saturated carbocycles. The number of nitrogens with zero attached hydrogens (tertiary/aromatic N) is 1. The monoisotopic (exact) mass is 338 g/mol. The van der Waals surface area contributed by atoms with Crippen LogP contribution >= 0.6 is 55.1 Å². The summed E-state index contributed by atoms with van der Waals surface area (Å²) in [6.07, 6.45) is 0. The summed E-state index contributed by atoms with van der Waals surface area (Å²) in [5.74, 6) is 0. The number of thiocarbonyl (C=S) groups is 1. The Kier molecular flexibility index (Phi) is 20.8. The Labute approximate surface area is 106 Å². The van der Waals surface area contributed by atoms with Crippen molar-refractivity contribution in [2.75, 3.05) is 14.1 Å². The number of hydrogen-bond acceptors (Lipinski definition) is 1. The summed E-state index contributed by atoms with van der Waals surface area (Å²) >= 11 is 7.13. The van der Waals surface area contributed by atoms with Gasteiger partial charge in [0.15, 0.2) is 0 Å². The quantitative estimate of drug-likeness (QED) is 0.411. The van der Waals surface area contributed by atoms with E-state index in [1.807, 2.05) is 14.1 Å². The van der Waals surface area contributed by atoms with E-state index in [-0.39, 0.29) is 17.1 Å². The van der Waals surface area contributed by atoms with Gasteiger partial charge in [-0.25, -0.2) is 0 Å². The zero-order valence-electron chi connectivity index (χ0n) is 5.64. The predicted molar refractivity (Wildman–Crippen MR) is 52.8 cm³/mol. The summed E-state index contributed by atoms with van der Waals surface area (Å²) in [6.45, 7) is 0. The van der Waals surface area contributed by atoms with Gasteiger partial charge in [-0.3, -0.25) is 0 Å². The van der Waals surface area contributed by atoms with Crippen LogP contribution in [-0.4, -0.2) is 23.3 Å². The van der Waals surface area contributed by atoms with Gasteiger partial charge in [0.2, 0.25) is 0 Å². The van der Waals surface area contributed by atoms with Crippen LogP contribution in [0.4, 0.5) is 0 Å². The van der Waals surface area contributed by atoms with E-state index in [0.29, 0.717) is 4.32 Å². The summed E-state index contributed by atoms with van der Waals surface area (Å²) in [7, 11) is 18.4. The Morgan fingerprint density at radius 3 is 1.45 bits per heavy atom. The average molecular weight is 339 g/mol. The maximum Gasteiger partial charge on any atom is 3.00 e. The van der Waals surface area contributed by atoms with E-state index in [9.17, 15) is 0 Å². The number of hydrogen-bond donors (Lipinski definition) is 1. The molecule has 0 aromatic carbocycles. The number of thiol groups is 1. The van der Waals surface area contributed by atoms with Crippen LogP contribution in [0.2, 0.25) is 0 Å². The summed E-state index contributed by atoms with van der Waals surface area (Å²) < 4.78 is 0.620. The molecule has 0 amide bonds. The van der Waals surface area contributed by atoms with Crippen LogP contribution in [0.15, 0.2) is 0 Å². The van der Waals surface area contributed by atoms with Crippen molar-refractivity contribution < 1.29 is 28.2 Å². The minimum absolute atomic E-state index is 0. The van der Waals surface area contributed by atoms with Crippen LogP contribution in [0.25, 0.3) is 0 Å². The Bertz CT molecular complexity index is 99.8. The summed E-state index contributed by atoms with van der Waals surface area (Å²) in [4.78, 5) is 1.76. The van der Waals surface area contributed by atoms with E-state index < -0.39 is 11.2 Å². The summed E-state index contributed by atoms with van der Waals surface area (Å²) in [5, 5.41) is 0. The molecule has 8 heteroatoms. The standard InChI is InChI=1S/C3H7NS2.3ClH.2Fe/c1-4(2)3(5)6;;;;;/h1-2H3,(H,5,6);3*1H;;/q;;;;2*+3/p-3. The second-order valence-corrected chi connectivity index (χ2v) is 7.91. The minimum atomic E-state index is -1.33. The number of halogens is 3. The average Bonchev–Trinajstić information content (AvgIpc) is 1.63.